The fourth-order valence-corrected chi connectivity index (χ4v) is 9.97. The minimum Gasteiger partial charge on any atom is -0.365 e. The molecule has 2 saturated heterocycles. The lowest BCUT2D eigenvalue weighted by Crippen LogP contribution is -2.50. The van der Waals surface area contributed by atoms with Crippen LogP contribution in [0.4, 0.5) is 0 Å². The first-order valence-corrected chi connectivity index (χ1v) is 13.8. The van der Waals surface area contributed by atoms with Gasteiger partial charge in [0.15, 0.2) is 0 Å². The summed E-state index contributed by atoms with van der Waals surface area (Å²) in [5.74, 6) is 4.82. The van der Waals surface area contributed by atoms with Crippen molar-refractivity contribution < 1.29 is 9.57 Å². The van der Waals surface area contributed by atoms with Gasteiger partial charge in [0.2, 0.25) is 0 Å². The first kappa shape index (κ1) is 22.1. The SMILES string of the molecule is CON[C@@H]1CC[C@@]2(C)[C@H](CC[C@H]3[C@@H]4CC[C@]5(O[C@@H]6C[C@H](C)CN[C@H]6[C@H]5C)C(C)=C4C[C@@H]32)C1. The summed E-state index contributed by atoms with van der Waals surface area (Å²) >= 11 is 0. The predicted molar refractivity (Wildman–Crippen MR) is 128 cm³/mol. The lowest BCUT2D eigenvalue weighted by Gasteiger charge is -2.54. The molecule has 4 nitrogen and oxygen atoms in total. The lowest BCUT2D eigenvalue weighted by molar-refractivity contribution is -0.0673. The molecule has 2 N–H and O–H groups in total. The second kappa shape index (κ2) is 7.80. The summed E-state index contributed by atoms with van der Waals surface area (Å²) in [6, 6.07) is 1.10. The second-order valence-electron chi connectivity index (χ2n) is 13.0. The van der Waals surface area contributed by atoms with E-state index >= 15 is 0 Å². The molecule has 32 heavy (non-hydrogen) atoms. The van der Waals surface area contributed by atoms with E-state index in [0.29, 0.717) is 29.5 Å². The lowest BCUT2D eigenvalue weighted by atomic mass is 9.52. The zero-order chi connectivity index (χ0) is 22.3. The maximum atomic E-state index is 7.08. The summed E-state index contributed by atoms with van der Waals surface area (Å²) in [4.78, 5) is 5.31. The Kier molecular flexibility index (Phi) is 5.38. The third kappa shape index (κ3) is 3.01. The van der Waals surface area contributed by atoms with Gasteiger partial charge in [-0.05, 0) is 112 Å². The smallest absolute Gasteiger partial charge is 0.0937 e. The van der Waals surface area contributed by atoms with E-state index in [4.69, 9.17) is 9.57 Å². The summed E-state index contributed by atoms with van der Waals surface area (Å²) in [5, 5.41) is 3.88. The van der Waals surface area contributed by atoms with Gasteiger partial charge in [-0.2, -0.15) is 5.48 Å². The van der Waals surface area contributed by atoms with Crippen LogP contribution in [0.2, 0.25) is 0 Å². The molecule has 5 fully saturated rings. The van der Waals surface area contributed by atoms with Gasteiger partial charge in [-0.1, -0.05) is 26.3 Å². The fraction of sp³-hybridized carbons (Fsp3) is 0.929. The van der Waals surface area contributed by atoms with Crippen molar-refractivity contribution in [3.63, 3.8) is 0 Å². The van der Waals surface area contributed by atoms with Crippen LogP contribution in [0.3, 0.4) is 0 Å². The van der Waals surface area contributed by atoms with Crippen LogP contribution in [-0.4, -0.2) is 37.4 Å². The van der Waals surface area contributed by atoms with E-state index in [1.54, 1.807) is 12.7 Å². The van der Waals surface area contributed by atoms with E-state index < -0.39 is 0 Å². The maximum Gasteiger partial charge on any atom is 0.0937 e. The molecule has 0 aromatic rings. The Morgan fingerprint density at radius 3 is 2.75 bits per heavy atom. The number of hydrogen-bond donors (Lipinski definition) is 2. The number of ether oxygens (including phenoxy) is 1. The van der Waals surface area contributed by atoms with Crippen molar-refractivity contribution in [2.45, 2.75) is 109 Å². The predicted octanol–water partition coefficient (Wildman–Crippen LogP) is 5.24. The molecule has 4 heteroatoms. The van der Waals surface area contributed by atoms with Gasteiger partial charge in [0.05, 0.1) is 18.8 Å². The number of hydrogen-bond acceptors (Lipinski definition) is 4. The van der Waals surface area contributed by atoms with Gasteiger partial charge >= 0.3 is 0 Å². The second-order valence-corrected chi connectivity index (χ2v) is 13.0. The molecule has 2 aliphatic heterocycles. The summed E-state index contributed by atoms with van der Waals surface area (Å²) in [5.41, 5.74) is 7.30. The van der Waals surface area contributed by atoms with Gasteiger partial charge < -0.3 is 14.9 Å². The Morgan fingerprint density at radius 1 is 1.09 bits per heavy atom. The number of allylic oxidation sites excluding steroid dienone is 1. The van der Waals surface area contributed by atoms with Crippen LogP contribution in [0.1, 0.15) is 85.5 Å². The largest absolute Gasteiger partial charge is 0.365 e. The first-order chi connectivity index (χ1) is 15.4. The number of nitrogens with one attached hydrogen (secondary N) is 2. The molecule has 1 spiro atoms. The van der Waals surface area contributed by atoms with Crippen molar-refractivity contribution in [1.82, 2.24) is 10.8 Å². The molecule has 0 aromatic carbocycles. The fourth-order valence-electron chi connectivity index (χ4n) is 9.97. The topological polar surface area (TPSA) is 42.5 Å². The van der Waals surface area contributed by atoms with Crippen LogP contribution >= 0.6 is 0 Å². The van der Waals surface area contributed by atoms with E-state index in [1.165, 1.54) is 57.8 Å². The molecule has 0 bridgehead atoms. The third-order valence-corrected chi connectivity index (χ3v) is 11.8. The molecule has 11 atom stereocenters. The normalized spacial score (nSPS) is 54.8. The van der Waals surface area contributed by atoms with Gasteiger partial charge in [-0.25, -0.2) is 0 Å². The van der Waals surface area contributed by atoms with E-state index in [9.17, 15) is 0 Å². The average Bonchev–Trinajstić information content (AvgIpc) is 3.29. The summed E-state index contributed by atoms with van der Waals surface area (Å²) < 4.78 is 7.08. The maximum absolute atomic E-state index is 7.08. The molecular formula is C28H46N2O2. The molecule has 2 heterocycles. The summed E-state index contributed by atoms with van der Waals surface area (Å²) in [6.45, 7) is 11.2. The van der Waals surface area contributed by atoms with Crippen LogP contribution in [0.5, 0.6) is 0 Å². The first-order valence-electron chi connectivity index (χ1n) is 13.8. The van der Waals surface area contributed by atoms with Crippen LogP contribution in [-0.2, 0) is 9.57 Å². The van der Waals surface area contributed by atoms with Crippen LogP contribution < -0.4 is 10.8 Å². The van der Waals surface area contributed by atoms with Crippen molar-refractivity contribution >= 4 is 0 Å². The van der Waals surface area contributed by atoms with Crippen LogP contribution in [0.15, 0.2) is 11.1 Å². The van der Waals surface area contributed by atoms with Crippen molar-refractivity contribution in [2.24, 2.45) is 40.9 Å². The molecule has 180 valence electrons. The van der Waals surface area contributed by atoms with Gasteiger partial charge in [0, 0.05) is 18.0 Å². The number of hydroxylamine groups is 1. The number of fused-ring (bicyclic) bond motifs is 6. The zero-order valence-electron chi connectivity index (χ0n) is 21.1. The van der Waals surface area contributed by atoms with Gasteiger partial charge in [-0.3, -0.25) is 0 Å². The van der Waals surface area contributed by atoms with Crippen molar-refractivity contribution in [2.75, 3.05) is 13.7 Å². The number of rotatable bonds is 2. The van der Waals surface area contributed by atoms with Crippen molar-refractivity contribution in [3.8, 4) is 0 Å². The summed E-state index contributed by atoms with van der Waals surface area (Å²) in [6.07, 6.45) is 12.4. The quantitative estimate of drug-likeness (QED) is 0.453. The van der Waals surface area contributed by atoms with E-state index in [2.05, 4.69) is 38.5 Å². The highest BCUT2D eigenvalue weighted by molar-refractivity contribution is 5.36. The zero-order valence-corrected chi connectivity index (χ0v) is 21.1. The molecule has 0 radical (unpaired) electrons. The van der Waals surface area contributed by atoms with Crippen molar-refractivity contribution in [1.29, 1.82) is 0 Å². The Morgan fingerprint density at radius 2 is 1.94 bits per heavy atom. The standard InChI is InChI=1S/C28H46N2O2/c1-16-12-25-26(29-15-16)18(3)28(32-25)11-9-21-22-7-6-19-13-20(30-31-5)8-10-27(19,4)24(22)14-23(21)17(28)2/h16,18-22,24-26,29-30H,6-15H2,1-5H3/t16-,18+,19+,20+,21-,22-,24-,25+,26-,27-,28-/m0/s1. The van der Waals surface area contributed by atoms with Gasteiger partial charge in [0.1, 0.15) is 0 Å². The Balaban J connectivity index is 1.28. The van der Waals surface area contributed by atoms with E-state index in [0.717, 1.165) is 36.1 Å². The minimum absolute atomic E-state index is 0.00602. The molecule has 0 unspecified atom stereocenters. The van der Waals surface area contributed by atoms with Gasteiger partial charge in [0.25, 0.3) is 0 Å². The molecule has 3 saturated carbocycles. The van der Waals surface area contributed by atoms with E-state index in [-0.39, 0.29) is 5.60 Å². The highest BCUT2D eigenvalue weighted by Gasteiger charge is 2.61. The Labute approximate surface area is 195 Å². The highest BCUT2D eigenvalue weighted by atomic mass is 16.6. The molecule has 6 rings (SSSR count). The van der Waals surface area contributed by atoms with Crippen LogP contribution in [0, 0.1) is 40.9 Å². The molecule has 6 aliphatic rings. The minimum atomic E-state index is 0.00602. The third-order valence-electron chi connectivity index (χ3n) is 11.8. The monoisotopic (exact) mass is 442 g/mol. The van der Waals surface area contributed by atoms with E-state index in [1.807, 2.05) is 5.57 Å². The average molecular weight is 443 g/mol. The number of piperidine rings is 1. The Hall–Kier alpha value is -0.420. The highest BCUT2D eigenvalue weighted by Crippen LogP contribution is 2.66. The summed E-state index contributed by atoms with van der Waals surface area (Å²) in [7, 11) is 1.77. The van der Waals surface area contributed by atoms with Crippen LogP contribution in [0.25, 0.3) is 0 Å². The molecular weight excluding hydrogens is 396 g/mol. The Bertz CT molecular complexity index is 781. The van der Waals surface area contributed by atoms with Gasteiger partial charge in [-0.15, -0.1) is 0 Å². The molecule has 0 amide bonds. The molecule has 4 aliphatic carbocycles. The van der Waals surface area contributed by atoms with Crippen molar-refractivity contribution in [3.05, 3.63) is 11.1 Å². The molecule has 0 aromatic heterocycles.